The van der Waals surface area contributed by atoms with Crippen molar-refractivity contribution < 1.29 is 13.2 Å². The second-order valence-corrected chi connectivity index (χ2v) is 9.71. The number of aryl methyl sites for hydroxylation is 2. The van der Waals surface area contributed by atoms with Gasteiger partial charge in [0.15, 0.2) is 0 Å². The van der Waals surface area contributed by atoms with E-state index in [0.717, 1.165) is 18.4 Å². The average Bonchev–Trinajstić information content (AvgIpc) is 2.65. The molecule has 29 heavy (non-hydrogen) atoms. The summed E-state index contributed by atoms with van der Waals surface area (Å²) < 4.78 is 25.8. The molecule has 0 fully saturated rings. The molecule has 2 aromatic carbocycles. The summed E-state index contributed by atoms with van der Waals surface area (Å²) >= 11 is 6.04. The monoisotopic (exact) mass is 436 g/mol. The molecular weight excluding hydrogens is 408 g/mol. The molecule has 0 bridgehead atoms. The number of halogens is 1. The number of hydrogen-bond donors (Lipinski definition) is 1. The zero-order valence-corrected chi connectivity index (χ0v) is 18.8. The van der Waals surface area contributed by atoms with E-state index < -0.39 is 10.0 Å². The van der Waals surface area contributed by atoms with Crippen molar-refractivity contribution in [3.63, 3.8) is 0 Å². The van der Waals surface area contributed by atoms with Crippen LogP contribution in [0.3, 0.4) is 0 Å². The van der Waals surface area contributed by atoms with Gasteiger partial charge < -0.3 is 5.32 Å². The predicted octanol–water partition coefficient (Wildman–Crippen LogP) is 4.33. The van der Waals surface area contributed by atoms with Gasteiger partial charge >= 0.3 is 0 Å². The fourth-order valence-electron chi connectivity index (χ4n) is 3.15. The molecule has 0 aliphatic rings. The Morgan fingerprint density at radius 1 is 1.17 bits per heavy atom. The van der Waals surface area contributed by atoms with Crippen LogP contribution in [-0.2, 0) is 21.2 Å². The van der Waals surface area contributed by atoms with Gasteiger partial charge in [-0.2, -0.15) is 0 Å². The van der Waals surface area contributed by atoms with Crippen molar-refractivity contribution in [3.8, 4) is 0 Å². The molecule has 0 aromatic heterocycles. The molecule has 0 heterocycles. The van der Waals surface area contributed by atoms with Crippen LogP contribution in [0.5, 0.6) is 0 Å². The summed E-state index contributed by atoms with van der Waals surface area (Å²) in [4.78, 5) is 12.3. The lowest BCUT2D eigenvalue weighted by Gasteiger charge is -2.24. The Balaban J connectivity index is 1.85. The Labute approximate surface area is 179 Å². The van der Waals surface area contributed by atoms with Crippen molar-refractivity contribution in [2.24, 2.45) is 0 Å². The van der Waals surface area contributed by atoms with E-state index in [9.17, 15) is 13.2 Å². The van der Waals surface area contributed by atoms with Crippen molar-refractivity contribution in [3.05, 3.63) is 64.7 Å². The van der Waals surface area contributed by atoms with E-state index in [2.05, 4.69) is 17.4 Å². The van der Waals surface area contributed by atoms with Crippen LogP contribution in [0.4, 0.5) is 5.69 Å². The number of benzene rings is 2. The fourth-order valence-corrected chi connectivity index (χ4v) is 4.33. The molecule has 5 nitrogen and oxygen atoms in total. The summed E-state index contributed by atoms with van der Waals surface area (Å²) in [7, 11) is -3.47. The molecule has 0 radical (unpaired) electrons. The molecule has 0 aliphatic heterocycles. The standard InChI is InChI=1S/C22H29ClN2O3S/c1-17-11-14-20(23)16-21(17)25(29(3,27)28)15-7-10-22(26)24-18(2)12-13-19-8-5-4-6-9-19/h4-6,8-9,11,14,16,18H,7,10,12-13,15H2,1-3H3,(H,24,26)/t18-/m0/s1. The summed E-state index contributed by atoms with van der Waals surface area (Å²) in [6, 6.07) is 15.4. The normalized spacial score (nSPS) is 12.4. The molecule has 0 saturated heterocycles. The van der Waals surface area contributed by atoms with Gasteiger partial charge in [0.2, 0.25) is 15.9 Å². The second kappa shape index (κ2) is 10.6. The fraction of sp³-hybridized carbons (Fsp3) is 0.409. The predicted molar refractivity (Wildman–Crippen MR) is 120 cm³/mol. The smallest absolute Gasteiger partial charge is 0.232 e. The topological polar surface area (TPSA) is 66.5 Å². The van der Waals surface area contributed by atoms with Crippen molar-refractivity contribution in [2.75, 3.05) is 17.1 Å². The number of carbonyl (C=O) groups is 1. The van der Waals surface area contributed by atoms with Crippen LogP contribution in [0, 0.1) is 6.92 Å². The number of anilines is 1. The lowest BCUT2D eigenvalue weighted by atomic mass is 10.1. The summed E-state index contributed by atoms with van der Waals surface area (Å²) in [6.45, 7) is 4.05. The van der Waals surface area contributed by atoms with Gasteiger partial charge in [0.05, 0.1) is 11.9 Å². The largest absolute Gasteiger partial charge is 0.354 e. The van der Waals surface area contributed by atoms with E-state index in [0.29, 0.717) is 17.1 Å². The van der Waals surface area contributed by atoms with Crippen LogP contribution in [0.1, 0.15) is 37.3 Å². The first-order valence-corrected chi connectivity index (χ1v) is 12.0. The number of nitrogens with one attached hydrogen (secondary N) is 1. The molecule has 0 saturated carbocycles. The first-order chi connectivity index (χ1) is 13.7. The van der Waals surface area contributed by atoms with Crippen LogP contribution in [-0.4, -0.2) is 33.2 Å². The minimum atomic E-state index is -3.47. The first kappa shape index (κ1) is 23.2. The third-order valence-corrected chi connectivity index (χ3v) is 6.14. The Morgan fingerprint density at radius 3 is 2.52 bits per heavy atom. The van der Waals surface area contributed by atoms with Gasteiger partial charge in [0.25, 0.3) is 0 Å². The number of hydrogen-bond acceptors (Lipinski definition) is 3. The van der Waals surface area contributed by atoms with Crippen molar-refractivity contribution >= 4 is 33.2 Å². The average molecular weight is 437 g/mol. The molecule has 158 valence electrons. The Morgan fingerprint density at radius 2 is 1.86 bits per heavy atom. The zero-order valence-electron chi connectivity index (χ0n) is 17.2. The zero-order chi connectivity index (χ0) is 21.4. The molecule has 0 unspecified atom stereocenters. The van der Waals surface area contributed by atoms with Crippen molar-refractivity contribution in [2.45, 2.75) is 45.6 Å². The molecule has 1 atom stereocenters. The van der Waals surface area contributed by atoms with E-state index in [1.807, 2.05) is 32.0 Å². The third kappa shape index (κ3) is 7.71. The number of rotatable bonds is 10. The van der Waals surface area contributed by atoms with E-state index in [1.54, 1.807) is 18.2 Å². The lowest BCUT2D eigenvalue weighted by molar-refractivity contribution is -0.121. The van der Waals surface area contributed by atoms with Gasteiger partial charge in [0.1, 0.15) is 0 Å². The van der Waals surface area contributed by atoms with Crippen LogP contribution < -0.4 is 9.62 Å². The minimum Gasteiger partial charge on any atom is -0.354 e. The van der Waals surface area contributed by atoms with E-state index in [1.165, 1.54) is 16.1 Å². The number of amides is 1. The molecule has 0 aliphatic carbocycles. The summed E-state index contributed by atoms with van der Waals surface area (Å²) in [6.07, 6.45) is 3.61. The lowest BCUT2D eigenvalue weighted by Crippen LogP contribution is -2.35. The van der Waals surface area contributed by atoms with Crippen molar-refractivity contribution in [1.29, 1.82) is 0 Å². The summed E-state index contributed by atoms with van der Waals surface area (Å²) in [5, 5.41) is 3.47. The van der Waals surface area contributed by atoms with E-state index in [4.69, 9.17) is 11.6 Å². The van der Waals surface area contributed by atoms with Crippen LogP contribution in [0.25, 0.3) is 0 Å². The first-order valence-electron chi connectivity index (χ1n) is 9.74. The third-order valence-electron chi connectivity index (χ3n) is 4.72. The Bertz CT molecular complexity index is 917. The quantitative estimate of drug-likeness (QED) is 0.602. The molecule has 0 spiro atoms. The maximum atomic E-state index is 12.3. The highest BCUT2D eigenvalue weighted by atomic mass is 35.5. The number of carbonyl (C=O) groups excluding carboxylic acids is 1. The minimum absolute atomic E-state index is 0.0592. The SMILES string of the molecule is Cc1ccc(Cl)cc1N(CCCC(=O)N[C@@H](C)CCc1ccccc1)S(C)(=O)=O. The van der Waals surface area contributed by atoms with E-state index in [-0.39, 0.29) is 24.9 Å². The molecular formula is C22H29ClN2O3S. The second-order valence-electron chi connectivity index (χ2n) is 7.36. The van der Waals surface area contributed by atoms with Crippen LogP contribution >= 0.6 is 11.6 Å². The highest BCUT2D eigenvalue weighted by Crippen LogP contribution is 2.26. The number of sulfonamides is 1. The highest BCUT2D eigenvalue weighted by Gasteiger charge is 2.20. The molecule has 2 rings (SSSR count). The Kier molecular flexibility index (Phi) is 8.53. The van der Waals surface area contributed by atoms with Crippen molar-refractivity contribution in [1.82, 2.24) is 5.32 Å². The van der Waals surface area contributed by atoms with Gasteiger partial charge in [-0.15, -0.1) is 0 Å². The maximum absolute atomic E-state index is 12.3. The van der Waals surface area contributed by atoms with Gasteiger partial charge in [-0.05, 0) is 56.4 Å². The molecule has 7 heteroatoms. The molecule has 2 aromatic rings. The maximum Gasteiger partial charge on any atom is 0.232 e. The van der Waals surface area contributed by atoms with Gasteiger partial charge in [-0.1, -0.05) is 48.0 Å². The summed E-state index contributed by atoms with van der Waals surface area (Å²) in [5.41, 5.74) is 2.62. The van der Waals surface area contributed by atoms with Gasteiger partial charge in [0, 0.05) is 24.0 Å². The molecule has 1 amide bonds. The van der Waals surface area contributed by atoms with Crippen LogP contribution in [0.15, 0.2) is 48.5 Å². The van der Waals surface area contributed by atoms with Crippen LogP contribution in [0.2, 0.25) is 5.02 Å². The summed E-state index contributed by atoms with van der Waals surface area (Å²) in [5.74, 6) is -0.0678. The highest BCUT2D eigenvalue weighted by molar-refractivity contribution is 7.92. The van der Waals surface area contributed by atoms with E-state index >= 15 is 0 Å². The number of nitrogens with zero attached hydrogens (tertiary/aromatic N) is 1. The molecule has 1 N–H and O–H groups in total. The Hall–Kier alpha value is -2.05. The van der Waals surface area contributed by atoms with Gasteiger partial charge in [-0.3, -0.25) is 9.10 Å². The van der Waals surface area contributed by atoms with Gasteiger partial charge in [-0.25, -0.2) is 8.42 Å².